The fraction of sp³-hybridized carbons (Fsp3) is 0.917. The molecule has 0 aromatic carbocycles. The average molecular weight is 274 g/mol. The number of fused-ring (bicyclic) bond motifs is 1. The standard InChI is InChI=1S/C12H20BrNO/c1-8(13)3-2-4-14-12(15)11-6-9-5-10(9)7-11/h8-11H,2-7H2,1H3,(H,14,15). The molecular formula is C12H20BrNO. The van der Waals surface area contributed by atoms with E-state index in [1.165, 1.54) is 6.42 Å². The van der Waals surface area contributed by atoms with Crippen molar-refractivity contribution in [3.63, 3.8) is 0 Å². The third kappa shape index (κ3) is 3.20. The maximum atomic E-state index is 11.7. The molecule has 2 nitrogen and oxygen atoms in total. The van der Waals surface area contributed by atoms with Crippen LogP contribution in [0.15, 0.2) is 0 Å². The molecule has 2 saturated carbocycles. The van der Waals surface area contributed by atoms with Crippen molar-refractivity contribution in [2.24, 2.45) is 17.8 Å². The second-order valence-corrected chi connectivity index (χ2v) is 6.70. The molecule has 3 heteroatoms. The second-order valence-electron chi connectivity index (χ2n) is 5.14. The highest BCUT2D eigenvalue weighted by molar-refractivity contribution is 9.09. The van der Waals surface area contributed by atoms with Crippen LogP contribution in [0, 0.1) is 17.8 Å². The summed E-state index contributed by atoms with van der Waals surface area (Å²) in [5, 5.41) is 3.06. The molecule has 0 spiro atoms. The first-order valence-corrected chi connectivity index (χ1v) is 7.00. The third-order valence-electron chi connectivity index (χ3n) is 3.69. The Hall–Kier alpha value is -0.0500. The lowest BCUT2D eigenvalue weighted by Crippen LogP contribution is -2.30. The van der Waals surface area contributed by atoms with E-state index in [2.05, 4.69) is 28.2 Å². The molecule has 15 heavy (non-hydrogen) atoms. The molecule has 0 aromatic heterocycles. The Morgan fingerprint density at radius 2 is 2.07 bits per heavy atom. The third-order valence-corrected chi connectivity index (χ3v) is 4.15. The van der Waals surface area contributed by atoms with Crippen LogP contribution in [-0.4, -0.2) is 17.3 Å². The minimum atomic E-state index is 0.310. The minimum absolute atomic E-state index is 0.310. The van der Waals surface area contributed by atoms with Crippen molar-refractivity contribution in [2.45, 2.75) is 43.9 Å². The van der Waals surface area contributed by atoms with E-state index in [4.69, 9.17) is 0 Å². The number of carbonyl (C=O) groups excluding carboxylic acids is 1. The monoisotopic (exact) mass is 273 g/mol. The van der Waals surface area contributed by atoms with Gasteiger partial charge in [0.15, 0.2) is 0 Å². The van der Waals surface area contributed by atoms with Gasteiger partial charge in [-0.1, -0.05) is 22.9 Å². The van der Waals surface area contributed by atoms with E-state index >= 15 is 0 Å². The molecule has 0 aromatic rings. The van der Waals surface area contributed by atoms with Crippen LogP contribution in [0.2, 0.25) is 0 Å². The molecule has 3 atom stereocenters. The zero-order valence-electron chi connectivity index (χ0n) is 9.34. The van der Waals surface area contributed by atoms with Crippen molar-refractivity contribution in [2.75, 3.05) is 6.54 Å². The molecular weight excluding hydrogens is 254 g/mol. The van der Waals surface area contributed by atoms with Gasteiger partial charge in [0.05, 0.1) is 0 Å². The molecule has 1 amide bonds. The number of halogens is 1. The summed E-state index contributed by atoms with van der Waals surface area (Å²) in [6.07, 6.45) is 5.93. The number of alkyl halides is 1. The van der Waals surface area contributed by atoms with Crippen molar-refractivity contribution >= 4 is 21.8 Å². The highest BCUT2D eigenvalue weighted by Gasteiger charge is 2.47. The lowest BCUT2D eigenvalue weighted by molar-refractivity contribution is -0.125. The number of hydrogen-bond donors (Lipinski definition) is 1. The van der Waals surface area contributed by atoms with Gasteiger partial charge >= 0.3 is 0 Å². The number of amides is 1. The van der Waals surface area contributed by atoms with E-state index in [1.807, 2.05) is 0 Å². The van der Waals surface area contributed by atoms with Crippen LogP contribution < -0.4 is 5.32 Å². The van der Waals surface area contributed by atoms with E-state index in [1.54, 1.807) is 0 Å². The maximum Gasteiger partial charge on any atom is 0.223 e. The summed E-state index contributed by atoms with van der Waals surface area (Å²) in [6.45, 7) is 2.99. The Labute approximate surface area is 100 Å². The lowest BCUT2D eigenvalue weighted by Gasteiger charge is -2.12. The molecule has 3 unspecified atom stereocenters. The number of hydrogen-bond acceptors (Lipinski definition) is 1. The summed E-state index contributed by atoms with van der Waals surface area (Å²) in [5.74, 6) is 2.46. The van der Waals surface area contributed by atoms with E-state index in [9.17, 15) is 4.79 Å². The van der Waals surface area contributed by atoms with Gasteiger partial charge in [0.2, 0.25) is 5.91 Å². The van der Waals surface area contributed by atoms with Gasteiger partial charge in [-0.05, 0) is 43.9 Å². The number of rotatable bonds is 5. The van der Waals surface area contributed by atoms with Crippen LogP contribution in [0.25, 0.3) is 0 Å². The van der Waals surface area contributed by atoms with Gasteiger partial charge in [-0.3, -0.25) is 4.79 Å². The van der Waals surface area contributed by atoms with Gasteiger partial charge in [-0.15, -0.1) is 0 Å². The summed E-state index contributed by atoms with van der Waals surface area (Å²) in [6, 6.07) is 0. The van der Waals surface area contributed by atoms with Crippen molar-refractivity contribution in [3.8, 4) is 0 Å². The number of nitrogens with one attached hydrogen (secondary N) is 1. The van der Waals surface area contributed by atoms with Crippen molar-refractivity contribution < 1.29 is 4.79 Å². The Kier molecular flexibility index (Phi) is 3.70. The lowest BCUT2D eigenvalue weighted by atomic mass is 10.0. The van der Waals surface area contributed by atoms with Gasteiger partial charge in [0.1, 0.15) is 0 Å². The topological polar surface area (TPSA) is 29.1 Å². The van der Waals surface area contributed by atoms with Crippen LogP contribution >= 0.6 is 15.9 Å². The molecule has 86 valence electrons. The summed E-state index contributed by atoms with van der Waals surface area (Å²) in [7, 11) is 0. The minimum Gasteiger partial charge on any atom is -0.356 e. The smallest absolute Gasteiger partial charge is 0.223 e. The van der Waals surface area contributed by atoms with Crippen LogP contribution in [-0.2, 0) is 4.79 Å². The Balaban J connectivity index is 1.57. The first-order chi connectivity index (χ1) is 7.16. The molecule has 1 N–H and O–H groups in total. The number of carbonyl (C=O) groups is 1. The predicted octanol–water partition coefficient (Wildman–Crippen LogP) is 2.71. The summed E-state index contributed by atoms with van der Waals surface area (Å²) >= 11 is 3.51. The Morgan fingerprint density at radius 3 is 2.67 bits per heavy atom. The Bertz CT molecular complexity index is 232. The average Bonchev–Trinajstić information content (AvgIpc) is 2.80. The molecule has 0 bridgehead atoms. The van der Waals surface area contributed by atoms with E-state index in [0.717, 1.165) is 44.1 Å². The largest absolute Gasteiger partial charge is 0.356 e. The van der Waals surface area contributed by atoms with Crippen molar-refractivity contribution in [1.82, 2.24) is 5.32 Å². The summed E-state index contributed by atoms with van der Waals surface area (Å²) in [5.41, 5.74) is 0. The first kappa shape index (κ1) is 11.4. The van der Waals surface area contributed by atoms with Gasteiger partial charge in [0.25, 0.3) is 0 Å². The zero-order valence-corrected chi connectivity index (χ0v) is 10.9. The predicted molar refractivity (Wildman–Crippen MR) is 65.0 cm³/mol. The fourth-order valence-corrected chi connectivity index (χ4v) is 2.99. The molecule has 2 aliphatic carbocycles. The van der Waals surface area contributed by atoms with Gasteiger partial charge in [-0.25, -0.2) is 0 Å². The van der Waals surface area contributed by atoms with Gasteiger partial charge < -0.3 is 5.32 Å². The molecule has 0 saturated heterocycles. The highest BCUT2D eigenvalue weighted by Crippen LogP contribution is 2.54. The van der Waals surface area contributed by atoms with Crippen LogP contribution in [0.1, 0.15) is 39.0 Å². The molecule has 2 fully saturated rings. The van der Waals surface area contributed by atoms with Crippen LogP contribution in [0.5, 0.6) is 0 Å². The second kappa shape index (κ2) is 4.86. The van der Waals surface area contributed by atoms with Crippen molar-refractivity contribution in [3.05, 3.63) is 0 Å². The summed E-state index contributed by atoms with van der Waals surface area (Å²) in [4.78, 5) is 12.3. The van der Waals surface area contributed by atoms with Gasteiger partial charge in [0, 0.05) is 17.3 Å². The quantitative estimate of drug-likeness (QED) is 0.606. The van der Waals surface area contributed by atoms with E-state index < -0.39 is 0 Å². The maximum absolute atomic E-state index is 11.7. The zero-order chi connectivity index (χ0) is 10.8. The Morgan fingerprint density at radius 1 is 1.40 bits per heavy atom. The van der Waals surface area contributed by atoms with E-state index in [0.29, 0.717) is 16.7 Å². The van der Waals surface area contributed by atoms with E-state index in [-0.39, 0.29) is 0 Å². The molecule has 0 heterocycles. The first-order valence-electron chi connectivity index (χ1n) is 6.08. The molecule has 2 aliphatic rings. The summed E-state index contributed by atoms with van der Waals surface area (Å²) < 4.78 is 0. The fourth-order valence-electron chi connectivity index (χ4n) is 2.67. The van der Waals surface area contributed by atoms with Gasteiger partial charge in [-0.2, -0.15) is 0 Å². The SMILES string of the molecule is CC(Br)CCCNC(=O)C1CC2CC2C1. The van der Waals surface area contributed by atoms with Crippen LogP contribution in [0.3, 0.4) is 0 Å². The normalized spacial score (nSPS) is 34.7. The molecule has 0 radical (unpaired) electrons. The van der Waals surface area contributed by atoms with Crippen LogP contribution in [0.4, 0.5) is 0 Å². The molecule has 2 rings (SSSR count). The molecule has 0 aliphatic heterocycles. The highest BCUT2D eigenvalue weighted by atomic mass is 79.9. The van der Waals surface area contributed by atoms with Crippen molar-refractivity contribution in [1.29, 1.82) is 0 Å².